The maximum atomic E-state index is 3.58. The number of hydrogen-bond donors (Lipinski definition) is 1. The number of rotatable bonds is 7. The quantitative estimate of drug-likeness (QED) is 0.624. The predicted molar refractivity (Wildman–Crippen MR) is 70.2 cm³/mol. The molecule has 0 saturated carbocycles. The average molecular weight is 213 g/mol. The Labute approximate surface area is 97.0 Å². The van der Waals surface area contributed by atoms with Crippen LogP contribution in [-0.4, -0.2) is 12.6 Å². The SMILES string of the molecule is CCNC(CCCCC(C)(C)C)C(C)C. The van der Waals surface area contributed by atoms with Crippen LogP contribution < -0.4 is 5.32 Å². The predicted octanol–water partition coefficient (Wildman–Crippen LogP) is 4.23. The van der Waals surface area contributed by atoms with E-state index in [2.05, 4.69) is 46.9 Å². The first-order valence-electron chi connectivity index (χ1n) is 6.60. The molecule has 92 valence electrons. The van der Waals surface area contributed by atoms with Gasteiger partial charge >= 0.3 is 0 Å². The van der Waals surface area contributed by atoms with E-state index in [0.29, 0.717) is 5.41 Å². The molecule has 0 aliphatic rings. The number of nitrogens with one attached hydrogen (secondary N) is 1. The Morgan fingerprint density at radius 2 is 1.67 bits per heavy atom. The summed E-state index contributed by atoms with van der Waals surface area (Å²) in [5, 5.41) is 3.58. The molecule has 0 fully saturated rings. The van der Waals surface area contributed by atoms with Gasteiger partial charge in [-0.1, -0.05) is 54.4 Å². The standard InChI is InChI=1S/C14H31N/c1-7-15-13(12(2)3)10-8-9-11-14(4,5)6/h12-13,15H,7-11H2,1-6H3. The van der Waals surface area contributed by atoms with Crippen LogP contribution in [0.3, 0.4) is 0 Å². The number of hydrogen-bond acceptors (Lipinski definition) is 1. The second-order valence-corrected chi connectivity index (χ2v) is 6.21. The van der Waals surface area contributed by atoms with Crippen LogP contribution in [0.1, 0.15) is 67.2 Å². The summed E-state index contributed by atoms with van der Waals surface area (Å²) in [6.07, 6.45) is 5.43. The van der Waals surface area contributed by atoms with Crippen molar-refractivity contribution in [1.82, 2.24) is 5.32 Å². The maximum Gasteiger partial charge on any atom is 0.00899 e. The molecular weight excluding hydrogens is 182 g/mol. The van der Waals surface area contributed by atoms with E-state index in [1.165, 1.54) is 25.7 Å². The fourth-order valence-corrected chi connectivity index (χ4v) is 1.95. The van der Waals surface area contributed by atoms with E-state index in [1.54, 1.807) is 0 Å². The summed E-state index contributed by atoms with van der Waals surface area (Å²) in [4.78, 5) is 0. The molecule has 0 rings (SSSR count). The van der Waals surface area contributed by atoms with Gasteiger partial charge in [-0.15, -0.1) is 0 Å². The van der Waals surface area contributed by atoms with Crippen molar-refractivity contribution in [2.45, 2.75) is 73.3 Å². The van der Waals surface area contributed by atoms with Crippen LogP contribution in [0.2, 0.25) is 0 Å². The lowest BCUT2D eigenvalue weighted by Crippen LogP contribution is -2.33. The number of unbranched alkanes of at least 4 members (excludes halogenated alkanes) is 1. The minimum Gasteiger partial charge on any atom is -0.314 e. The van der Waals surface area contributed by atoms with Crippen molar-refractivity contribution in [3.05, 3.63) is 0 Å². The molecule has 1 nitrogen and oxygen atoms in total. The highest BCUT2D eigenvalue weighted by Gasteiger charge is 2.13. The van der Waals surface area contributed by atoms with Crippen LogP contribution in [0.25, 0.3) is 0 Å². The van der Waals surface area contributed by atoms with Gasteiger partial charge in [0.05, 0.1) is 0 Å². The van der Waals surface area contributed by atoms with Crippen LogP contribution in [0.5, 0.6) is 0 Å². The molecule has 1 heteroatoms. The molecule has 0 radical (unpaired) electrons. The molecule has 15 heavy (non-hydrogen) atoms. The van der Waals surface area contributed by atoms with E-state index in [-0.39, 0.29) is 0 Å². The van der Waals surface area contributed by atoms with Crippen molar-refractivity contribution in [3.63, 3.8) is 0 Å². The van der Waals surface area contributed by atoms with Crippen LogP contribution >= 0.6 is 0 Å². The van der Waals surface area contributed by atoms with E-state index < -0.39 is 0 Å². The monoisotopic (exact) mass is 213 g/mol. The maximum absolute atomic E-state index is 3.58. The van der Waals surface area contributed by atoms with Gasteiger partial charge < -0.3 is 5.32 Å². The van der Waals surface area contributed by atoms with Crippen LogP contribution in [0.4, 0.5) is 0 Å². The Balaban J connectivity index is 3.62. The van der Waals surface area contributed by atoms with Gasteiger partial charge in [0.2, 0.25) is 0 Å². The van der Waals surface area contributed by atoms with Gasteiger partial charge in [0, 0.05) is 6.04 Å². The van der Waals surface area contributed by atoms with Gasteiger partial charge in [-0.2, -0.15) is 0 Å². The molecular formula is C14H31N. The summed E-state index contributed by atoms with van der Waals surface area (Å²) < 4.78 is 0. The highest BCUT2D eigenvalue weighted by atomic mass is 14.9. The summed E-state index contributed by atoms with van der Waals surface area (Å²) in [6.45, 7) is 14.9. The summed E-state index contributed by atoms with van der Waals surface area (Å²) in [7, 11) is 0. The summed E-state index contributed by atoms with van der Waals surface area (Å²) >= 11 is 0. The van der Waals surface area contributed by atoms with Crippen LogP contribution in [-0.2, 0) is 0 Å². The molecule has 0 saturated heterocycles. The zero-order chi connectivity index (χ0) is 11.9. The lowest BCUT2D eigenvalue weighted by Gasteiger charge is -2.23. The van der Waals surface area contributed by atoms with Crippen LogP contribution in [0, 0.1) is 11.3 Å². The van der Waals surface area contributed by atoms with Gasteiger partial charge in [0.15, 0.2) is 0 Å². The summed E-state index contributed by atoms with van der Waals surface area (Å²) in [6, 6.07) is 0.718. The second-order valence-electron chi connectivity index (χ2n) is 6.21. The normalized spacial score (nSPS) is 14.6. The highest BCUT2D eigenvalue weighted by Crippen LogP contribution is 2.22. The molecule has 0 aromatic carbocycles. The van der Waals surface area contributed by atoms with Gasteiger partial charge in [-0.3, -0.25) is 0 Å². The molecule has 0 aliphatic heterocycles. The molecule has 1 N–H and O–H groups in total. The Morgan fingerprint density at radius 3 is 2.07 bits per heavy atom. The Bertz CT molecular complexity index is 144. The minimum atomic E-state index is 0.505. The van der Waals surface area contributed by atoms with Crippen molar-refractivity contribution >= 4 is 0 Å². The van der Waals surface area contributed by atoms with Crippen molar-refractivity contribution in [3.8, 4) is 0 Å². The lowest BCUT2D eigenvalue weighted by molar-refractivity contribution is 0.331. The van der Waals surface area contributed by atoms with Crippen molar-refractivity contribution in [2.24, 2.45) is 11.3 Å². The Morgan fingerprint density at radius 1 is 1.07 bits per heavy atom. The third kappa shape index (κ3) is 8.92. The van der Waals surface area contributed by atoms with Crippen molar-refractivity contribution in [2.75, 3.05) is 6.54 Å². The smallest absolute Gasteiger partial charge is 0.00899 e. The van der Waals surface area contributed by atoms with E-state index in [4.69, 9.17) is 0 Å². The third-order valence-electron chi connectivity index (χ3n) is 2.96. The first kappa shape index (κ1) is 15.0. The molecule has 0 aromatic heterocycles. The third-order valence-corrected chi connectivity index (χ3v) is 2.96. The molecule has 0 heterocycles. The zero-order valence-electron chi connectivity index (χ0n) is 11.7. The second kappa shape index (κ2) is 7.27. The Hall–Kier alpha value is -0.0400. The van der Waals surface area contributed by atoms with Crippen LogP contribution in [0.15, 0.2) is 0 Å². The van der Waals surface area contributed by atoms with Crippen molar-refractivity contribution in [1.29, 1.82) is 0 Å². The molecule has 0 amide bonds. The largest absolute Gasteiger partial charge is 0.314 e. The topological polar surface area (TPSA) is 12.0 Å². The zero-order valence-corrected chi connectivity index (χ0v) is 11.7. The van der Waals surface area contributed by atoms with E-state index in [0.717, 1.165) is 18.5 Å². The van der Waals surface area contributed by atoms with Crippen molar-refractivity contribution < 1.29 is 0 Å². The van der Waals surface area contributed by atoms with Gasteiger partial charge in [-0.25, -0.2) is 0 Å². The molecule has 1 unspecified atom stereocenters. The molecule has 0 bridgehead atoms. The van der Waals surface area contributed by atoms with E-state index in [1.807, 2.05) is 0 Å². The minimum absolute atomic E-state index is 0.505. The summed E-state index contributed by atoms with van der Waals surface area (Å²) in [5.74, 6) is 0.764. The van der Waals surface area contributed by atoms with Gasteiger partial charge in [-0.05, 0) is 30.7 Å². The summed E-state index contributed by atoms with van der Waals surface area (Å²) in [5.41, 5.74) is 0.505. The first-order valence-corrected chi connectivity index (χ1v) is 6.60. The van der Waals surface area contributed by atoms with E-state index in [9.17, 15) is 0 Å². The molecule has 1 atom stereocenters. The Kier molecular flexibility index (Phi) is 7.25. The molecule has 0 aliphatic carbocycles. The van der Waals surface area contributed by atoms with E-state index >= 15 is 0 Å². The average Bonchev–Trinajstić information content (AvgIpc) is 2.08. The van der Waals surface area contributed by atoms with Gasteiger partial charge in [0.1, 0.15) is 0 Å². The molecule has 0 aromatic rings. The first-order chi connectivity index (χ1) is 6.87. The fraction of sp³-hybridized carbons (Fsp3) is 1.00. The van der Waals surface area contributed by atoms with Gasteiger partial charge in [0.25, 0.3) is 0 Å². The molecule has 0 spiro atoms. The highest BCUT2D eigenvalue weighted by molar-refractivity contribution is 4.70. The lowest BCUT2D eigenvalue weighted by atomic mass is 9.88. The fourth-order valence-electron chi connectivity index (χ4n) is 1.95.